The molecular weight excluding hydrogens is 352 g/mol. The van der Waals surface area contributed by atoms with Gasteiger partial charge in [0.25, 0.3) is 0 Å². The molecule has 0 aliphatic heterocycles. The lowest BCUT2D eigenvalue weighted by molar-refractivity contribution is 0.199. The summed E-state index contributed by atoms with van der Waals surface area (Å²) in [6.07, 6.45) is 2.80. The van der Waals surface area contributed by atoms with Gasteiger partial charge in [-0.15, -0.1) is 0 Å². The molecule has 0 fully saturated rings. The minimum absolute atomic E-state index is 0.323. The molecule has 0 radical (unpaired) electrons. The molecule has 28 heavy (non-hydrogen) atoms. The van der Waals surface area contributed by atoms with Gasteiger partial charge in [-0.1, -0.05) is 20.8 Å². The average Bonchev–Trinajstić information content (AvgIpc) is 3.09. The molecule has 0 saturated carbocycles. The first-order chi connectivity index (χ1) is 13.5. The van der Waals surface area contributed by atoms with Crippen LogP contribution in [0.5, 0.6) is 5.88 Å². The molecule has 3 aromatic heterocycles. The van der Waals surface area contributed by atoms with E-state index in [0.717, 1.165) is 41.1 Å². The van der Waals surface area contributed by atoms with Crippen LogP contribution in [0.1, 0.15) is 49.9 Å². The molecule has 0 spiro atoms. The lowest BCUT2D eigenvalue weighted by atomic mass is 10.0. The van der Waals surface area contributed by atoms with E-state index in [1.165, 1.54) is 0 Å². The fourth-order valence-electron chi connectivity index (χ4n) is 2.82. The Balaban J connectivity index is 0.000000500. The van der Waals surface area contributed by atoms with Crippen molar-refractivity contribution in [3.8, 4) is 23.2 Å². The van der Waals surface area contributed by atoms with E-state index in [4.69, 9.17) is 9.47 Å². The number of aromatic nitrogens is 3. The number of hydrogen-bond acceptors (Lipinski definition) is 5. The van der Waals surface area contributed by atoms with E-state index in [9.17, 15) is 5.26 Å². The van der Waals surface area contributed by atoms with Gasteiger partial charge in [-0.05, 0) is 43.0 Å². The normalized spacial score (nSPS) is 10.5. The lowest BCUT2D eigenvalue weighted by Gasteiger charge is -2.12. The highest BCUT2D eigenvalue weighted by Gasteiger charge is 2.16. The van der Waals surface area contributed by atoms with Crippen LogP contribution < -0.4 is 4.74 Å². The van der Waals surface area contributed by atoms with Crippen LogP contribution in [0.15, 0.2) is 24.4 Å². The van der Waals surface area contributed by atoms with Crippen molar-refractivity contribution in [1.29, 1.82) is 5.26 Å². The van der Waals surface area contributed by atoms with Gasteiger partial charge in [0.15, 0.2) is 0 Å². The maximum Gasteiger partial charge on any atom is 0.222 e. The molecule has 148 valence electrons. The van der Waals surface area contributed by atoms with E-state index in [0.29, 0.717) is 22.9 Å². The van der Waals surface area contributed by atoms with E-state index in [2.05, 4.69) is 41.8 Å². The maximum atomic E-state index is 9.21. The minimum atomic E-state index is 0.323. The summed E-state index contributed by atoms with van der Waals surface area (Å²) in [5.74, 6) is 0.879. The van der Waals surface area contributed by atoms with Gasteiger partial charge in [0, 0.05) is 25.6 Å². The molecule has 0 aromatic carbocycles. The zero-order valence-electron chi connectivity index (χ0n) is 17.5. The number of nitriles is 1. The quantitative estimate of drug-likeness (QED) is 0.675. The number of nitrogens with zero attached hydrogens (tertiary/aromatic N) is 3. The Bertz CT molecular complexity index is 969. The summed E-state index contributed by atoms with van der Waals surface area (Å²) in [4.78, 5) is 12.3. The van der Waals surface area contributed by atoms with Crippen LogP contribution in [0.25, 0.3) is 22.3 Å². The van der Waals surface area contributed by atoms with Crippen molar-refractivity contribution in [3.05, 3.63) is 41.2 Å². The second-order valence-corrected chi connectivity index (χ2v) is 6.80. The molecule has 3 heterocycles. The molecule has 0 atom stereocenters. The van der Waals surface area contributed by atoms with Gasteiger partial charge in [0.1, 0.15) is 11.6 Å². The zero-order chi connectivity index (χ0) is 20.7. The highest BCUT2D eigenvalue weighted by Crippen LogP contribution is 2.32. The summed E-state index contributed by atoms with van der Waals surface area (Å²) < 4.78 is 10.2. The smallest absolute Gasteiger partial charge is 0.222 e. The molecule has 0 aliphatic carbocycles. The van der Waals surface area contributed by atoms with Crippen molar-refractivity contribution >= 4 is 11.0 Å². The highest BCUT2D eigenvalue weighted by atomic mass is 16.5. The molecule has 0 saturated heterocycles. The fraction of sp³-hybridized carbons (Fsp3) is 0.409. The van der Waals surface area contributed by atoms with Gasteiger partial charge in [-0.3, -0.25) is 0 Å². The average molecular weight is 380 g/mol. The predicted molar refractivity (Wildman–Crippen MR) is 112 cm³/mol. The van der Waals surface area contributed by atoms with Crippen LogP contribution in [0, 0.1) is 18.3 Å². The second-order valence-electron chi connectivity index (χ2n) is 6.80. The molecule has 0 bridgehead atoms. The van der Waals surface area contributed by atoms with E-state index in [-0.39, 0.29) is 0 Å². The highest BCUT2D eigenvalue weighted by molar-refractivity contribution is 5.86. The van der Waals surface area contributed by atoms with Gasteiger partial charge >= 0.3 is 0 Å². The Kier molecular flexibility index (Phi) is 7.53. The number of aryl methyl sites for hydroxylation is 1. The van der Waals surface area contributed by atoms with Gasteiger partial charge < -0.3 is 14.5 Å². The van der Waals surface area contributed by atoms with E-state index >= 15 is 0 Å². The molecule has 6 nitrogen and oxygen atoms in total. The number of fused-ring (bicyclic) bond motifs is 1. The lowest BCUT2D eigenvalue weighted by Crippen LogP contribution is -2.00. The third-order valence-corrected chi connectivity index (χ3v) is 4.29. The summed E-state index contributed by atoms with van der Waals surface area (Å²) in [6.45, 7) is 9.15. The molecule has 3 aromatic rings. The summed E-state index contributed by atoms with van der Waals surface area (Å²) in [5, 5.41) is 9.21. The van der Waals surface area contributed by atoms with E-state index < -0.39 is 0 Å². The van der Waals surface area contributed by atoms with Crippen LogP contribution in [0.2, 0.25) is 0 Å². The van der Waals surface area contributed by atoms with Crippen molar-refractivity contribution in [1.82, 2.24) is 15.0 Å². The number of methoxy groups -OCH3 is 2. The third kappa shape index (κ3) is 4.68. The first-order valence-electron chi connectivity index (χ1n) is 9.39. The van der Waals surface area contributed by atoms with Crippen LogP contribution >= 0.6 is 0 Å². The molecule has 3 rings (SSSR count). The number of rotatable bonds is 5. The predicted octanol–water partition coefficient (Wildman–Crippen LogP) is 4.98. The van der Waals surface area contributed by atoms with Gasteiger partial charge in [0.05, 0.1) is 29.4 Å². The fourth-order valence-corrected chi connectivity index (χ4v) is 2.82. The number of H-pyrrole nitrogens is 1. The van der Waals surface area contributed by atoms with Gasteiger partial charge in [-0.25, -0.2) is 9.97 Å². The topological polar surface area (TPSA) is 83.8 Å². The molecule has 6 heteroatoms. The number of ether oxygens (including phenoxy) is 2. The summed E-state index contributed by atoms with van der Waals surface area (Å²) in [7, 11) is 3.32. The first kappa shape index (κ1) is 21.4. The van der Waals surface area contributed by atoms with Crippen LogP contribution in [-0.4, -0.2) is 35.8 Å². The Morgan fingerprint density at radius 1 is 1.21 bits per heavy atom. The maximum absolute atomic E-state index is 9.21. The SMILES string of the molecule is CCCOC.COc1nc(C(C)C)ccc1-c1nc2c(C#N)c[nH]c2cc1C. The Morgan fingerprint density at radius 3 is 2.50 bits per heavy atom. The van der Waals surface area contributed by atoms with E-state index in [1.54, 1.807) is 20.4 Å². The number of hydrogen-bond donors (Lipinski definition) is 1. The number of aromatic amines is 1. The van der Waals surface area contributed by atoms with Crippen molar-refractivity contribution < 1.29 is 9.47 Å². The molecule has 0 aliphatic rings. The Labute approximate surface area is 166 Å². The largest absolute Gasteiger partial charge is 0.480 e. The molecule has 0 amide bonds. The van der Waals surface area contributed by atoms with Crippen molar-refractivity contribution in [3.63, 3.8) is 0 Å². The molecule has 1 N–H and O–H groups in total. The minimum Gasteiger partial charge on any atom is -0.480 e. The van der Waals surface area contributed by atoms with E-state index in [1.807, 2.05) is 25.1 Å². The number of nitrogens with one attached hydrogen (secondary N) is 1. The summed E-state index contributed by atoms with van der Waals surface area (Å²) in [6, 6.07) is 8.14. The van der Waals surface area contributed by atoms with Crippen LogP contribution in [0.4, 0.5) is 0 Å². The van der Waals surface area contributed by atoms with Crippen molar-refractivity contribution in [2.24, 2.45) is 0 Å². The van der Waals surface area contributed by atoms with Gasteiger partial charge in [0.2, 0.25) is 5.88 Å². The third-order valence-electron chi connectivity index (χ3n) is 4.29. The van der Waals surface area contributed by atoms with Crippen molar-refractivity contribution in [2.75, 3.05) is 20.8 Å². The number of pyridine rings is 2. The summed E-state index contributed by atoms with van der Waals surface area (Å²) in [5.41, 5.74) is 5.66. The van der Waals surface area contributed by atoms with Crippen LogP contribution in [0.3, 0.4) is 0 Å². The molecule has 0 unspecified atom stereocenters. The Hall–Kier alpha value is -2.91. The first-order valence-corrected chi connectivity index (χ1v) is 9.39. The second kappa shape index (κ2) is 9.86. The molecular formula is C22H28N4O2. The summed E-state index contributed by atoms with van der Waals surface area (Å²) >= 11 is 0. The monoisotopic (exact) mass is 380 g/mol. The zero-order valence-corrected chi connectivity index (χ0v) is 17.5. The standard InChI is InChI=1S/C18H18N4O.C4H10O/c1-10(2)14-6-5-13(18(21-14)23-4)16-11(3)7-15-17(22-16)12(8-19)9-20-15;1-3-4-5-2/h5-7,9-10,20H,1-4H3;3-4H2,1-2H3. The Morgan fingerprint density at radius 2 is 1.96 bits per heavy atom. The van der Waals surface area contributed by atoms with Gasteiger partial charge in [-0.2, -0.15) is 5.26 Å². The van der Waals surface area contributed by atoms with Crippen molar-refractivity contribution in [2.45, 2.75) is 40.0 Å². The van der Waals surface area contributed by atoms with Crippen LogP contribution in [-0.2, 0) is 4.74 Å².